The Morgan fingerprint density at radius 2 is 2.05 bits per heavy atom. The molecule has 21 heavy (non-hydrogen) atoms. The van der Waals surface area contributed by atoms with Gasteiger partial charge in [-0.2, -0.15) is 0 Å². The van der Waals surface area contributed by atoms with E-state index in [-0.39, 0.29) is 31.4 Å². The molecule has 0 bridgehead atoms. The SMILES string of the molecule is C[C@H]1CN(C(=O)Nc2ccc(F)cc2F)CCN1C(=O)O. The number of carbonyl (C=O) groups is 2. The van der Waals surface area contributed by atoms with Gasteiger partial charge in [-0.3, -0.25) is 0 Å². The number of rotatable bonds is 1. The number of nitrogens with one attached hydrogen (secondary N) is 1. The number of piperazine rings is 1. The van der Waals surface area contributed by atoms with Crippen molar-refractivity contribution < 1.29 is 23.5 Å². The van der Waals surface area contributed by atoms with Gasteiger partial charge in [0, 0.05) is 31.7 Å². The molecule has 0 unspecified atom stereocenters. The molecule has 1 aliphatic rings. The molecule has 1 aromatic rings. The van der Waals surface area contributed by atoms with Crippen LogP contribution in [0.3, 0.4) is 0 Å². The van der Waals surface area contributed by atoms with Gasteiger partial charge in [0.25, 0.3) is 0 Å². The number of anilines is 1. The van der Waals surface area contributed by atoms with Crippen LogP contribution in [0.25, 0.3) is 0 Å². The molecule has 0 aliphatic carbocycles. The lowest BCUT2D eigenvalue weighted by Gasteiger charge is -2.38. The van der Waals surface area contributed by atoms with Crippen molar-refractivity contribution in [2.45, 2.75) is 13.0 Å². The summed E-state index contributed by atoms with van der Waals surface area (Å²) in [5.74, 6) is -1.59. The van der Waals surface area contributed by atoms with Gasteiger partial charge in [-0.05, 0) is 19.1 Å². The van der Waals surface area contributed by atoms with Crippen LogP contribution in [-0.2, 0) is 0 Å². The zero-order valence-electron chi connectivity index (χ0n) is 11.3. The maximum Gasteiger partial charge on any atom is 0.407 e. The van der Waals surface area contributed by atoms with Gasteiger partial charge in [-0.15, -0.1) is 0 Å². The predicted molar refractivity (Wildman–Crippen MR) is 71.1 cm³/mol. The molecule has 114 valence electrons. The second kappa shape index (κ2) is 5.94. The van der Waals surface area contributed by atoms with Gasteiger partial charge in [-0.25, -0.2) is 18.4 Å². The summed E-state index contributed by atoms with van der Waals surface area (Å²) in [6.07, 6.45) is -1.04. The summed E-state index contributed by atoms with van der Waals surface area (Å²) in [6.45, 7) is 2.30. The molecule has 0 aromatic heterocycles. The fourth-order valence-electron chi connectivity index (χ4n) is 2.21. The third kappa shape index (κ3) is 3.39. The van der Waals surface area contributed by atoms with Gasteiger partial charge in [0.2, 0.25) is 0 Å². The Kier molecular flexibility index (Phi) is 4.25. The fraction of sp³-hybridized carbons (Fsp3) is 0.385. The fourth-order valence-corrected chi connectivity index (χ4v) is 2.21. The van der Waals surface area contributed by atoms with Gasteiger partial charge >= 0.3 is 12.1 Å². The van der Waals surface area contributed by atoms with E-state index in [9.17, 15) is 18.4 Å². The summed E-state index contributed by atoms with van der Waals surface area (Å²) in [7, 11) is 0. The van der Waals surface area contributed by atoms with Crippen molar-refractivity contribution >= 4 is 17.8 Å². The van der Waals surface area contributed by atoms with Gasteiger partial charge in [-0.1, -0.05) is 0 Å². The lowest BCUT2D eigenvalue weighted by Crippen LogP contribution is -2.56. The monoisotopic (exact) mass is 299 g/mol. The molecule has 1 atom stereocenters. The molecular formula is C13H15F2N3O3. The van der Waals surface area contributed by atoms with E-state index in [1.807, 2.05) is 0 Å². The predicted octanol–water partition coefficient (Wildman–Crippen LogP) is 2.18. The quantitative estimate of drug-likeness (QED) is 0.835. The normalized spacial score (nSPS) is 18.5. The standard InChI is InChI=1S/C13H15F2N3O3/c1-8-7-17(4-5-18(8)13(20)21)12(19)16-11-3-2-9(14)6-10(11)15/h2-3,6,8H,4-5,7H2,1H3,(H,16,19)(H,20,21)/t8-/m0/s1. The lowest BCUT2D eigenvalue weighted by atomic mass is 10.2. The van der Waals surface area contributed by atoms with Crippen molar-refractivity contribution in [1.82, 2.24) is 9.80 Å². The molecule has 0 spiro atoms. The number of hydrogen-bond donors (Lipinski definition) is 2. The Hall–Kier alpha value is -2.38. The number of carboxylic acid groups (broad SMARTS) is 1. The van der Waals surface area contributed by atoms with Crippen molar-refractivity contribution in [3.63, 3.8) is 0 Å². The number of carbonyl (C=O) groups excluding carboxylic acids is 1. The van der Waals surface area contributed by atoms with Crippen LogP contribution < -0.4 is 5.32 Å². The smallest absolute Gasteiger partial charge is 0.407 e. The number of hydrogen-bond acceptors (Lipinski definition) is 2. The van der Waals surface area contributed by atoms with Crippen molar-refractivity contribution in [1.29, 1.82) is 0 Å². The minimum Gasteiger partial charge on any atom is -0.465 e. The molecule has 1 aromatic carbocycles. The van der Waals surface area contributed by atoms with Crippen LogP contribution in [0.2, 0.25) is 0 Å². The molecule has 2 N–H and O–H groups in total. The number of amides is 3. The Morgan fingerprint density at radius 3 is 2.62 bits per heavy atom. The topological polar surface area (TPSA) is 72.9 Å². The largest absolute Gasteiger partial charge is 0.465 e. The van der Waals surface area contributed by atoms with E-state index in [0.29, 0.717) is 6.07 Å². The summed E-state index contributed by atoms with van der Waals surface area (Å²) in [5, 5.41) is 11.3. The van der Waals surface area contributed by atoms with Crippen molar-refractivity contribution in [2.24, 2.45) is 0 Å². The molecule has 1 fully saturated rings. The van der Waals surface area contributed by atoms with Crippen LogP contribution >= 0.6 is 0 Å². The van der Waals surface area contributed by atoms with E-state index in [1.165, 1.54) is 9.80 Å². The average molecular weight is 299 g/mol. The van der Waals surface area contributed by atoms with E-state index in [1.54, 1.807) is 6.92 Å². The van der Waals surface area contributed by atoms with Crippen molar-refractivity contribution in [2.75, 3.05) is 25.0 Å². The molecule has 8 heteroatoms. The van der Waals surface area contributed by atoms with Crippen molar-refractivity contribution in [3.05, 3.63) is 29.8 Å². The number of nitrogens with zero attached hydrogens (tertiary/aromatic N) is 2. The van der Waals surface area contributed by atoms with Crippen LogP contribution in [0.1, 0.15) is 6.92 Å². The molecule has 1 heterocycles. The first kappa shape index (κ1) is 15.0. The van der Waals surface area contributed by atoms with Crippen LogP contribution in [-0.4, -0.2) is 52.7 Å². The number of halogens is 2. The van der Waals surface area contributed by atoms with E-state index in [0.717, 1.165) is 12.1 Å². The molecule has 1 aliphatic heterocycles. The second-order valence-corrected chi connectivity index (χ2v) is 4.83. The molecule has 1 saturated heterocycles. The number of benzene rings is 1. The average Bonchev–Trinajstić information content (AvgIpc) is 2.41. The summed E-state index contributed by atoms with van der Waals surface area (Å²) < 4.78 is 26.2. The highest BCUT2D eigenvalue weighted by molar-refractivity contribution is 5.89. The van der Waals surface area contributed by atoms with E-state index < -0.39 is 23.8 Å². The minimum atomic E-state index is -1.04. The maximum absolute atomic E-state index is 13.5. The van der Waals surface area contributed by atoms with Gasteiger partial charge in [0.1, 0.15) is 11.6 Å². The zero-order valence-corrected chi connectivity index (χ0v) is 11.3. The first-order valence-corrected chi connectivity index (χ1v) is 6.39. The highest BCUT2D eigenvalue weighted by Crippen LogP contribution is 2.17. The van der Waals surface area contributed by atoms with Crippen LogP contribution in [0.4, 0.5) is 24.1 Å². The molecular weight excluding hydrogens is 284 g/mol. The van der Waals surface area contributed by atoms with Crippen LogP contribution in [0.15, 0.2) is 18.2 Å². The van der Waals surface area contributed by atoms with Gasteiger partial charge in [0.05, 0.1) is 5.69 Å². The zero-order chi connectivity index (χ0) is 15.6. The maximum atomic E-state index is 13.5. The summed E-state index contributed by atoms with van der Waals surface area (Å²) in [6, 6.07) is 1.97. The van der Waals surface area contributed by atoms with Gasteiger partial charge in [0.15, 0.2) is 0 Å². The van der Waals surface area contributed by atoms with E-state index in [4.69, 9.17) is 5.11 Å². The van der Waals surface area contributed by atoms with Crippen molar-refractivity contribution in [3.8, 4) is 0 Å². The van der Waals surface area contributed by atoms with E-state index in [2.05, 4.69) is 5.32 Å². The Labute approximate surface area is 119 Å². The van der Waals surface area contributed by atoms with Crippen LogP contribution in [0.5, 0.6) is 0 Å². The first-order chi connectivity index (χ1) is 9.88. The van der Waals surface area contributed by atoms with Gasteiger partial charge < -0.3 is 20.2 Å². The molecule has 0 saturated carbocycles. The third-order valence-corrected chi connectivity index (χ3v) is 3.33. The molecule has 3 amide bonds. The Bertz CT molecular complexity index is 568. The lowest BCUT2D eigenvalue weighted by molar-refractivity contribution is 0.0868. The summed E-state index contributed by atoms with van der Waals surface area (Å²) in [5.41, 5.74) is -0.116. The number of urea groups is 1. The molecule has 0 radical (unpaired) electrons. The second-order valence-electron chi connectivity index (χ2n) is 4.83. The first-order valence-electron chi connectivity index (χ1n) is 6.39. The minimum absolute atomic E-state index is 0.116. The molecule has 6 nitrogen and oxygen atoms in total. The summed E-state index contributed by atoms with van der Waals surface area (Å²) >= 11 is 0. The van der Waals surface area contributed by atoms with Crippen LogP contribution in [0, 0.1) is 11.6 Å². The highest BCUT2D eigenvalue weighted by Gasteiger charge is 2.29. The summed E-state index contributed by atoms with van der Waals surface area (Å²) in [4.78, 5) is 25.6. The highest BCUT2D eigenvalue weighted by atomic mass is 19.1. The third-order valence-electron chi connectivity index (χ3n) is 3.33. The molecule has 2 rings (SSSR count). The van der Waals surface area contributed by atoms with E-state index >= 15 is 0 Å². The Balaban J connectivity index is 2.00. The Morgan fingerprint density at radius 1 is 1.33 bits per heavy atom.